The highest BCUT2D eigenvalue weighted by Crippen LogP contribution is 2.43. The molecule has 0 saturated heterocycles. The number of fused-ring (bicyclic) bond motifs is 2. The Kier molecular flexibility index (Phi) is 4.05. The molecule has 2 heterocycles. The number of rotatable bonds is 4. The Labute approximate surface area is 146 Å². The van der Waals surface area contributed by atoms with Gasteiger partial charge in [-0.2, -0.15) is 0 Å². The summed E-state index contributed by atoms with van der Waals surface area (Å²) in [7, 11) is 0. The van der Waals surface area contributed by atoms with Crippen LogP contribution in [0.2, 0.25) is 0 Å². The molecule has 0 bridgehead atoms. The second-order valence-corrected chi connectivity index (χ2v) is 6.04. The number of para-hydroxylation sites is 2. The van der Waals surface area contributed by atoms with E-state index in [-0.39, 0.29) is 0 Å². The van der Waals surface area contributed by atoms with Gasteiger partial charge in [0.2, 0.25) is 0 Å². The van der Waals surface area contributed by atoms with Crippen molar-refractivity contribution in [2.24, 2.45) is 0 Å². The van der Waals surface area contributed by atoms with Crippen LogP contribution in [0.1, 0.15) is 6.42 Å². The van der Waals surface area contributed by atoms with Crippen molar-refractivity contribution in [1.82, 2.24) is 10.2 Å². The van der Waals surface area contributed by atoms with Crippen LogP contribution in [0.3, 0.4) is 0 Å². The molecule has 0 saturated carbocycles. The predicted octanol–water partition coefficient (Wildman–Crippen LogP) is 4.97. The second-order valence-electron chi connectivity index (χ2n) is 5.67. The first-order chi connectivity index (χ1) is 11.9. The van der Waals surface area contributed by atoms with Crippen LogP contribution in [0.15, 0.2) is 60.7 Å². The van der Waals surface area contributed by atoms with Crippen LogP contribution in [0.25, 0.3) is 11.3 Å². The third-order valence-corrected chi connectivity index (χ3v) is 4.36. The van der Waals surface area contributed by atoms with E-state index in [1.807, 2.05) is 42.5 Å². The van der Waals surface area contributed by atoms with Gasteiger partial charge in [-0.3, -0.25) is 0 Å². The average Bonchev–Trinajstić information content (AvgIpc) is 2.65. The molecule has 0 spiro atoms. The third-order valence-electron chi connectivity index (χ3n) is 4.10. The maximum absolute atomic E-state index is 5.93. The minimum atomic E-state index is 0.630. The molecule has 2 aromatic carbocycles. The van der Waals surface area contributed by atoms with E-state index in [2.05, 4.69) is 38.6 Å². The van der Waals surface area contributed by atoms with E-state index in [0.717, 1.165) is 47.1 Å². The summed E-state index contributed by atoms with van der Waals surface area (Å²) in [5.41, 5.74) is 5.14. The Balaban J connectivity index is 1.80. The molecule has 0 unspecified atom stereocenters. The van der Waals surface area contributed by atoms with Crippen molar-refractivity contribution in [3.8, 4) is 11.3 Å². The molecule has 1 N–H and O–H groups in total. The molecule has 0 atom stereocenters. The summed E-state index contributed by atoms with van der Waals surface area (Å²) >= 11 is 5.93. The fourth-order valence-electron chi connectivity index (χ4n) is 2.96. The molecule has 4 rings (SSSR count). The average molecular weight is 337 g/mol. The van der Waals surface area contributed by atoms with Crippen LogP contribution in [-0.4, -0.2) is 22.6 Å². The fraction of sp³-hybridized carbons (Fsp3) is 0.158. The lowest BCUT2D eigenvalue weighted by Crippen LogP contribution is -2.25. The number of benzene rings is 2. The van der Waals surface area contributed by atoms with Crippen LogP contribution in [0.4, 0.5) is 22.9 Å². The van der Waals surface area contributed by atoms with Gasteiger partial charge >= 0.3 is 0 Å². The summed E-state index contributed by atoms with van der Waals surface area (Å²) in [6.07, 6.45) is 0.901. The number of alkyl halides is 1. The molecule has 1 aliphatic heterocycles. The van der Waals surface area contributed by atoms with Crippen molar-refractivity contribution in [2.75, 3.05) is 22.6 Å². The molecule has 4 nitrogen and oxygen atoms in total. The van der Waals surface area contributed by atoms with Crippen LogP contribution in [0, 0.1) is 0 Å². The third kappa shape index (κ3) is 2.69. The SMILES string of the molecule is ClCCCN1c2ccccc2Nc2nnc(-c3ccccc3)cc21. The molecular weight excluding hydrogens is 320 g/mol. The lowest BCUT2D eigenvalue weighted by molar-refractivity contribution is 0.878. The van der Waals surface area contributed by atoms with Crippen LogP contribution in [-0.2, 0) is 0 Å². The van der Waals surface area contributed by atoms with E-state index >= 15 is 0 Å². The van der Waals surface area contributed by atoms with Gasteiger partial charge in [0.25, 0.3) is 0 Å². The number of halogens is 1. The Morgan fingerprint density at radius 1 is 0.917 bits per heavy atom. The Morgan fingerprint density at radius 3 is 2.54 bits per heavy atom. The highest BCUT2D eigenvalue weighted by Gasteiger charge is 2.24. The second kappa shape index (κ2) is 6.49. The topological polar surface area (TPSA) is 41.0 Å². The van der Waals surface area contributed by atoms with Crippen molar-refractivity contribution in [2.45, 2.75) is 6.42 Å². The maximum atomic E-state index is 5.93. The normalized spacial score (nSPS) is 12.3. The van der Waals surface area contributed by atoms with Crippen molar-refractivity contribution in [3.63, 3.8) is 0 Å². The van der Waals surface area contributed by atoms with Gasteiger partial charge in [-0.25, -0.2) is 0 Å². The quantitative estimate of drug-likeness (QED) is 0.683. The van der Waals surface area contributed by atoms with E-state index < -0.39 is 0 Å². The zero-order chi connectivity index (χ0) is 16.4. The van der Waals surface area contributed by atoms with E-state index in [9.17, 15) is 0 Å². The van der Waals surface area contributed by atoms with Gasteiger partial charge in [-0.15, -0.1) is 21.8 Å². The zero-order valence-electron chi connectivity index (χ0n) is 13.1. The highest BCUT2D eigenvalue weighted by molar-refractivity contribution is 6.17. The molecule has 0 fully saturated rings. The minimum absolute atomic E-state index is 0.630. The lowest BCUT2D eigenvalue weighted by atomic mass is 10.1. The first kappa shape index (κ1) is 15.0. The van der Waals surface area contributed by atoms with Crippen molar-refractivity contribution in [3.05, 3.63) is 60.7 Å². The number of hydrogen-bond acceptors (Lipinski definition) is 4. The smallest absolute Gasteiger partial charge is 0.177 e. The van der Waals surface area contributed by atoms with Gasteiger partial charge in [-0.1, -0.05) is 42.5 Å². The summed E-state index contributed by atoms with van der Waals surface area (Å²) < 4.78 is 0. The van der Waals surface area contributed by atoms with Gasteiger partial charge in [-0.05, 0) is 24.6 Å². The Morgan fingerprint density at radius 2 is 1.71 bits per heavy atom. The largest absolute Gasteiger partial charge is 0.337 e. The summed E-state index contributed by atoms with van der Waals surface area (Å²) in [5, 5.41) is 12.2. The Bertz CT molecular complexity index is 851. The first-order valence-corrected chi connectivity index (χ1v) is 8.53. The Hall–Kier alpha value is -2.59. The summed E-state index contributed by atoms with van der Waals surface area (Å²) in [6, 6.07) is 20.4. The number of nitrogens with zero attached hydrogens (tertiary/aromatic N) is 3. The maximum Gasteiger partial charge on any atom is 0.177 e. The first-order valence-electron chi connectivity index (χ1n) is 7.99. The highest BCUT2D eigenvalue weighted by atomic mass is 35.5. The number of hydrogen-bond donors (Lipinski definition) is 1. The minimum Gasteiger partial charge on any atom is -0.337 e. The molecule has 1 aromatic heterocycles. The number of nitrogens with one attached hydrogen (secondary N) is 1. The van der Waals surface area contributed by atoms with Crippen LogP contribution < -0.4 is 10.2 Å². The van der Waals surface area contributed by atoms with Crippen molar-refractivity contribution < 1.29 is 0 Å². The monoisotopic (exact) mass is 336 g/mol. The molecule has 1 aliphatic rings. The molecule has 24 heavy (non-hydrogen) atoms. The fourth-order valence-corrected chi connectivity index (χ4v) is 3.08. The molecule has 5 heteroatoms. The van der Waals surface area contributed by atoms with Crippen molar-refractivity contribution in [1.29, 1.82) is 0 Å². The predicted molar refractivity (Wildman–Crippen MR) is 99.5 cm³/mol. The van der Waals surface area contributed by atoms with Gasteiger partial charge in [0.15, 0.2) is 5.82 Å². The van der Waals surface area contributed by atoms with Gasteiger partial charge in [0.1, 0.15) is 0 Å². The molecule has 0 amide bonds. The number of aromatic nitrogens is 2. The van der Waals surface area contributed by atoms with E-state index in [1.165, 1.54) is 0 Å². The van der Waals surface area contributed by atoms with Crippen molar-refractivity contribution >= 4 is 34.5 Å². The molecule has 3 aromatic rings. The lowest BCUT2D eigenvalue weighted by Gasteiger charge is -2.33. The summed E-state index contributed by atoms with van der Waals surface area (Å²) in [5.74, 6) is 1.41. The summed E-state index contributed by atoms with van der Waals surface area (Å²) in [4.78, 5) is 2.27. The van der Waals surface area contributed by atoms with E-state index in [1.54, 1.807) is 0 Å². The number of anilines is 4. The molecule has 0 radical (unpaired) electrons. The van der Waals surface area contributed by atoms with E-state index in [0.29, 0.717) is 5.88 Å². The van der Waals surface area contributed by atoms with Crippen LogP contribution in [0.5, 0.6) is 0 Å². The standard InChI is InChI=1S/C19H17ClN4/c20-11-6-12-24-17-10-5-4-9-15(17)21-19-18(24)13-16(22-23-19)14-7-2-1-3-8-14/h1-5,7-10,13H,6,11-12H2,(H,21,23). The van der Waals surface area contributed by atoms with Gasteiger partial charge in [0.05, 0.1) is 22.8 Å². The van der Waals surface area contributed by atoms with Crippen LogP contribution >= 0.6 is 11.6 Å². The van der Waals surface area contributed by atoms with Gasteiger partial charge < -0.3 is 10.2 Å². The molecular formula is C19H17ClN4. The van der Waals surface area contributed by atoms with Gasteiger partial charge in [0, 0.05) is 18.0 Å². The zero-order valence-corrected chi connectivity index (χ0v) is 13.9. The van der Waals surface area contributed by atoms with E-state index in [4.69, 9.17) is 11.6 Å². The molecule has 120 valence electrons. The molecule has 0 aliphatic carbocycles. The summed E-state index contributed by atoms with van der Waals surface area (Å²) in [6.45, 7) is 0.842.